The Morgan fingerprint density at radius 3 is 2.52 bits per heavy atom. The summed E-state index contributed by atoms with van der Waals surface area (Å²) < 4.78 is 5.17. The number of ether oxygens (including phenoxy) is 1. The van der Waals surface area contributed by atoms with Crippen LogP contribution in [0.15, 0.2) is 42.5 Å². The Balaban J connectivity index is 1.58. The fourth-order valence-corrected chi connectivity index (χ4v) is 5.50. The fourth-order valence-electron chi connectivity index (χ4n) is 5.50. The van der Waals surface area contributed by atoms with Gasteiger partial charge in [0, 0.05) is 23.7 Å². The van der Waals surface area contributed by atoms with Crippen LogP contribution in [0.2, 0.25) is 0 Å². The van der Waals surface area contributed by atoms with Crippen molar-refractivity contribution in [2.45, 2.75) is 31.5 Å². The third-order valence-corrected chi connectivity index (χ3v) is 6.97. The molecule has 2 fully saturated rings. The van der Waals surface area contributed by atoms with Gasteiger partial charge in [-0.2, -0.15) is 0 Å². The Morgan fingerprint density at radius 2 is 1.85 bits per heavy atom. The molecular weight excluding hydrogens is 424 g/mol. The molecule has 170 valence electrons. The lowest BCUT2D eigenvalue weighted by Crippen LogP contribution is -2.53. The quantitative estimate of drug-likeness (QED) is 0.580. The topological polar surface area (TPSA) is 131 Å². The summed E-state index contributed by atoms with van der Waals surface area (Å²) in [7, 11) is 1.56. The summed E-state index contributed by atoms with van der Waals surface area (Å²) in [4.78, 5) is 53.6. The van der Waals surface area contributed by atoms with Crippen LogP contribution in [0.25, 0.3) is 0 Å². The normalized spacial score (nSPS) is 27.6. The van der Waals surface area contributed by atoms with Crippen molar-refractivity contribution in [3.8, 4) is 5.75 Å². The third-order valence-electron chi connectivity index (χ3n) is 6.97. The van der Waals surface area contributed by atoms with Crippen molar-refractivity contribution in [2.75, 3.05) is 12.4 Å². The minimum Gasteiger partial charge on any atom is -0.497 e. The number of carbonyl (C=O) groups is 4. The third kappa shape index (κ3) is 2.96. The van der Waals surface area contributed by atoms with E-state index in [2.05, 4.69) is 10.6 Å². The van der Waals surface area contributed by atoms with E-state index in [1.165, 1.54) is 4.90 Å². The Bertz CT molecular complexity index is 1190. The molecule has 1 spiro atoms. The molecule has 3 aliphatic heterocycles. The molecule has 3 heterocycles. The summed E-state index contributed by atoms with van der Waals surface area (Å²) in [6, 6.07) is 11.8. The second kappa shape index (κ2) is 7.41. The van der Waals surface area contributed by atoms with Crippen LogP contribution in [0.5, 0.6) is 5.75 Å². The van der Waals surface area contributed by atoms with E-state index in [0.717, 1.165) is 11.1 Å². The number of hydrogen-bond acceptors (Lipinski definition) is 6. The first-order valence-electron chi connectivity index (χ1n) is 10.7. The second-order valence-corrected chi connectivity index (χ2v) is 8.80. The fraction of sp³-hybridized carbons (Fsp3) is 0.333. The van der Waals surface area contributed by atoms with Crippen molar-refractivity contribution in [2.24, 2.45) is 17.6 Å². The number of hydrogen-bond donors (Lipinski definition) is 3. The standard InChI is InChI=1S/C24H24N4O5/c1-12-4-3-5-15-20(12)26-23(32)24(15)19-18(16(27-24)10-17(25)29)21(30)28(22(19)31)11-13-6-8-14(33-2)9-7-13/h3-9,16,18-19,27H,10-11H2,1-2H3,(H2,25,29)(H,26,32)/t16-,18+,19-,24-/m0/s1. The number of para-hydroxylation sites is 1. The molecule has 2 aromatic rings. The number of nitrogens with two attached hydrogens (primary N) is 1. The summed E-state index contributed by atoms with van der Waals surface area (Å²) in [6.45, 7) is 1.93. The van der Waals surface area contributed by atoms with Gasteiger partial charge in [-0.3, -0.25) is 29.4 Å². The highest BCUT2D eigenvalue weighted by atomic mass is 16.5. The van der Waals surface area contributed by atoms with Crippen molar-refractivity contribution >= 4 is 29.3 Å². The molecule has 3 aliphatic rings. The van der Waals surface area contributed by atoms with Gasteiger partial charge in [0.1, 0.15) is 11.3 Å². The number of anilines is 1. The molecular formula is C24H24N4O5. The van der Waals surface area contributed by atoms with E-state index in [1.807, 2.05) is 19.1 Å². The van der Waals surface area contributed by atoms with Crippen LogP contribution in [0.4, 0.5) is 5.69 Å². The van der Waals surface area contributed by atoms with Crippen molar-refractivity contribution in [3.05, 3.63) is 59.2 Å². The van der Waals surface area contributed by atoms with Gasteiger partial charge in [0.2, 0.25) is 23.6 Å². The second-order valence-electron chi connectivity index (χ2n) is 8.80. The average Bonchev–Trinajstić information content (AvgIpc) is 3.35. The number of rotatable bonds is 5. The summed E-state index contributed by atoms with van der Waals surface area (Å²) in [5, 5.41) is 6.08. The number of imide groups is 1. The minimum atomic E-state index is -1.44. The molecule has 9 nitrogen and oxygen atoms in total. The molecule has 4 amide bonds. The number of primary amides is 1. The van der Waals surface area contributed by atoms with E-state index in [9.17, 15) is 19.2 Å². The number of nitrogens with zero attached hydrogens (tertiary/aromatic N) is 1. The first-order chi connectivity index (χ1) is 15.8. The van der Waals surface area contributed by atoms with Gasteiger partial charge in [-0.1, -0.05) is 30.3 Å². The maximum Gasteiger partial charge on any atom is 0.250 e. The molecule has 0 aliphatic carbocycles. The Kier molecular flexibility index (Phi) is 4.75. The van der Waals surface area contributed by atoms with Crippen LogP contribution < -0.4 is 21.1 Å². The predicted molar refractivity (Wildman–Crippen MR) is 118 cm³/mol. The lowest BCUT2D eigenvalue weighted by atomic mass is 9.76. The van der Waals surface area contributed by atoms with E-state index in [4.69, 9.17) is 10.5 Å². The van der Waals surface area contributed by atoms with Crippen molar-refractivity contribution in [3.63, 3.8) is 0 Å². The van der Waals surface area contributed by atoms with Crippen LogP contribution in [0.1, 0.15) is 23.1 Å². The zero-order valence-corrected chi connectivity index (χ0v) is 18.3. The van der Waals surface area contributed by atoms with E-state index in [0.29, 0.717) is 17.0 Å². The number of methoxy groups -OCH3 is 1. The van der Waals surface area contributed by atoms with Gasteiger partial charge in [-0.05, 0) is 30.2 Å². The lowest BCUT2D eigenvalue weighted by molar-refractivity contribution is -0.143. The number of carbonyl (C=O) groups excluding carboxylic acids is 4. The maximum absolute atomic E-state index is 13.7. The van der Waals surface area contributed by atoms with Gasteiger partial charge in [0.25, 0.3) is 0 Å². The molecule has 4 N–H and O–H groups in total. The summed E-state index contributed by atoms with van der Waals surface area (Å²) in [5.74, 6) is -3.05. The van der Waals surface area contributed by atoms with E-state index in [-0.39, 0.29) is 13.0 Å². The van der Waals surface area contributed by atoms with Gasteiger partial charge in [0.15, 0.2) is 0 Å². The van der Waals surface area contributed by atoms with Crippen LogP contribution in [-0.2, 0) is 31.3 Å². The van der Waals surface area contributed by atoms with Crippen LogP contribution in [0.3, 0.4) is 0 Å². The SMILES string of the molecule is COc1ccc(CN2C(=O)[C@@H]3[C@H](CC(N)=O)N[C@]4(C(=O)Nc5c(C)cccc54)[C@@H]3C2=O)cc1. The first kappa shape index (κ1) is 21.1. The average molecular weight is 448 g/mol. The highest BCUT2D eigenvalue weighted by Gasteiger charge is 2.70. The highest BCUT2D eigenvalue weighted by molar-refractivity contribution is 6.15. The van der Waals surface area contributed by atoms with Crippen molar-refractivity contribution in [1.82, 2.24) is 10.2 Å². The summed E-state index contributed by atoms with van der Waals surface area (Å²) in [6.07, 6.45) is -0.160. The zero-order chi connectivity index (χ0) is 23.5. The lowest BCUT2D eigenvalue weighted by Gasteiger charge is -2.29. The minimum absolute atomic E-state index is 0.0658. The monoisotopic (exact) mass is 448 g/mol. The first-order valence-corrected chi connectivity index (χ1v) is 10.7. The van der Waals surface area contributed by atoms with E-state index in [1.54, 1.807) is 37.4 Å². The molecule has 0 unspecified atom stereocenters. The van der Waals surface area contributed by atoms with Gasteiger partial charge in [-0.25, -0.2) is 0 Å². The molecule has 9 heteroatoms. The van der Waals surface area contributed by atoms with Crippen LogP contribution >= 0.6 is 0 Å². The van der Waals surface area contributed by atoms with Gasteiger partial charge in [0.05, 0.1) is 25.5 Å². The van der Waals surface area contributed by atoms with Crippen molar-refractivity contribution in [1.29, 1.82) is 0 Å². The van der Waals surface area contributed by atoms with E-state index >= 15 is 0 Å². The van der Waals surface area contributed by atoms with Crippen LogP contribution in [0, 0.1) is 18.8 Å². The van der Waals surface area contributed by atoms with Gasteiger partial charge < -0.3 is 15.8 Å². The molecule has 2 aromatic carbocycles. The highest BCUT2D eigenvalue weighted by Crippen LogP contribution is 2.54. The Morgan fingerprint density at radius 1 is 1.12 bits per heavy atom. The summed E-state index contributed by atoms with van der Waals surface area (Å²) >= 11 is 0. The molecule has 0 aromatic heterocycles. The molecule has 33 heavy (non-hydrogen) atoms. The molecule has 0 bridgehead atoms. The number of likely N-dealkylation sites (tertiary alicyclic amines) is 1. The van der Waals surface area contributed by atoms with E-state index < -0.39 is 47.0 Å². The molecule has 4 atom stereocenters. The molecule has 0 saturated carbocycles. The molecule has 5 rings (SSSR count). The molecule has 0 radical (unpaired) electrons. The smallest absolute Gasteiger partial charge is 0.250 e. The number of nitrogens with one attached hydrogen (secondary N) is 2. The molecule has 2 saturated heterocycles. The predicted octanol–water partition coefficient (Wildman–Crippen LogP) is 0.800. The number of fused-ring (bicyclic) bond motifs is 4. The summed E-state index contributed by atoms with van der Waals surface area (Å²) in [5.41, 5.74) is 6.86. The number of benzene rings is 2. The zero-order valence-electron chi connectivity index (χ0n) is 18.3. The van der Waals surface area contributed by atoms with Crippen molar-refractivity contribution < 1.29 is 23.9 Å². The van der Waals surface area contributed by atoms with Crippen LogP contribution in [-0.4, -0.2) is 41.7 Å². The van der Waals surface area contributed by atoms with Gasteiger partial charge in [-0.15, -0.1) is 0 Å². The number of amides is 4. The largest absolute Gasteiger partial charge is 0.497 e. The number of aryl methyl sites for hydroxylation is 1. The van der Waals surface area contributed by atoms with Gasteiger partial charge >= 0.3 is 0 Å². The maximum atomic E-state index is 13.7. The Labute approximate surface area is 190 Å². The Hall–Kier alpha value is -3.72.